The number of pyridine rings is 1. The number of imidazole rings is 1. The third kappa shape index (κ3) is 4.14. The van der Waals surface area contributed by atoms with E-state index >= 15 is 0 Å². The lowest BCUT2D eigenvalue weighted by Gasteiger charge is -2.28. The van der Waals surface area contributed by atoms with E-state index in [0.717, 1.165) is 13.1 Å². The lowest BCUT2D eigenvalue weighted by Crippen LogP contribution is -2.38. The highest BCUT2D eigenvalue weighted by Gasteiger charge is 2.46. The van der Waals surface area contributed by atoms with Gasteiger partial charge in [-0.25, -0.2) is 4.98 Å². The van der Waals surface area contributed by atoms with Crippen LogP contribution in [0.1, 0.15) is 36.8 Å². The monoisotopic (exact) mass is 466 g/mol. The van der Waals surface area contributed by atoms with Crippen molar-refractivity contribution in [3.63, 3.8) is 0 Å². The molecular formula is C25H27ClN4O3. The molecule has 1 aromatic carbocycles. The summed E-state index contributed by atoms with van der Waals surface area (Å²) in [5, 5.41) is 11.9. The van der Waals surface area contributed by atoms with E-state index in [-0.39, 0.29) is 11.3 Å². The van der Waals surface area contributed by atoms with Gasteiger partial charge in [0.25, 0.3) is 11.7 Å². The number of hydrogen-bond donors (Lipinski definition) is 1. The van der Waals surface area contributed by atoms with Crippen LogP contribution in [0.5, 0.6) is 0 Å². The Balaban J connectivity index is 1.88. The third-order valence-electron chi connectivity index (χ3n) is 6.18. The molecule has 1 N–H and O–H groups in total. The van der Waals surface area contributed by atoms with Crippen molar-refractivity contribution < 1.29 is 14.7 Å². The number of amides is 1. The van der Waals surface area contributed by atoms with E-state index in [0.29, 0.717) is 40.7 Å². The Labute approximate surface area is 197 Å². The standard InChI is InChI=1S/C25H27ClN4O3/c1-4-28(5-2)13-14-30-22(17-9-8-10-18(26)15-17)20(24(32)25(30)33)23(31)21-16(3)27-19-11-6-7-12-29(19)21/h6-12,15,22,31H,4-5,13-14H2,1-3H3/b23-20+/t22-/m0/s1. The average Bonchev–Trinajstić information content (AvgIpc) is 3.27. The normalized spacial score (nSPS) is 18.1. The molecule has 3 aromatic rings. The van der Waals surface area contributed by atoms with E-state index in [1.165, 1.54) is 4.90 Å². The van der Waals surface area contributed by atoms with E-state index in [1.54, 1.807) is 35.7 Å². The van der Waals surface area contributed by atoms with Gasteiger partial charge in [-0.2, -0.15) is 0 Å². The first-order chi connectivity index (χ1) is 15.9. The second-order valence-corrected chi connectivity index (χ2v) is 8.49. The van der Waals surface area contributed by atoms with Gasteiger partial charge in [0.05, 0.1) is 17.3 Å². The molecule has 1 aliphatic rings. The van der Waals surface area contributed by atoms with Gasteiger partial charge in [-0.15, -0.1) is 0 Å². The van der Waals surface area contributed by atoms with Crippen molar-refractivity contribution in [2.24, 2.45) is 0 Å². The molecule has 0 saturated carbocycles. The van der Waals surface area contributed by atoms with Crippen LogP contribution in [0, 0.1) is 6.92 Å². The van der Waals surface area contributed by atoms with Gasteiger partial charge in [0.1, 0.15) is 11.3 Å². The molecular weight excluding hydrogens is 440 g/mol. The van der Waals surface area contributed by atoms with Gasteiger partial charge >= 0.3 is 0 Å². The van der Waals surface area contributed by atoms with Crippen LogP contribution in [0.3, 0.4) is 0 Å². The minimum atomic E-state index is -0.743. The number of carbonyl (C=O) groups is 2. The van der Waals surface area contributed by atoms with Gasteiger partial charge in [-0.3, -0.25) is 14.0 Å². The van der Waals surface area contributed by atoms with Gasteiger partial charge in [-0.1, -0.05) is 43.6 Å². The Hall–Kier alpha value is -3.16. The van der Waals surface area contributed by atoms with Gasteiger partial charge in [-0.05, 0) is 49.8 Å². The van der Waals surface area contributed by atoms with E-state index in [2.05, 4.69) is 23.7 Å². The number of halogens is 1. The largest absolute Gasteiger partial charge is 0.505 e. The number of aliphatic hydroxyl groups is 1. The second-order valence-electron chi connectivity index (χ2n) is 8.05. The molecule has 33 heavy (non-hydrogen) atoms. The fraction of sp³-hybridized carbons (Fsp3) is 0.320. The molecule has 1 amide bonds. The summed E-state index contributed by atoms with van der Waals surface area (Å²) in [6.45, 7) is 8.52. The topological polar surface area (TPSA) is 78.2 Å². The summed E-state index contributed by atoms with van der Waals surface area (Å²) in [6, 6.07) is 11.8. The van der Waals surface area contributed by atoms with Gasteiger partial charge in [0, 0.05) is 24.3 Å². The number of aromatic nitrogens is 2. The quantitative estimate of drug-likeness (QED) is 0.323. The van der Waals surface area contributed by atoms with Crippen molar-refractivity contribution in [1.82, 2.24) is 19.2 Å². The first-order valence-corrected chi connectivity index (χ1v) is 11.4. The molecule has 0 bridgehead atoms. The number of nitrogens with zero attached hydrogens (tertiary/aromatic N) is 4. The molecule has 8 heteroatoms. The van der Waals surface area contributed by atoms with Crippen LogP contribution in [0.2, 0.25) is 5.02 Å². The second kappa shape index (κ2) is 9.37. The summed E-state index contributed by atoms with van der Waals surface area (Å²) in [4.78, 5) is 34.6. The average molecular weight is 467 g/mol. The predicted octanol–water partition coefficient (Wildman–Crippen LogP) is 4.06. The maximum atomic E-state index is 13.3. The highest BCUT2D eigenvalue weighted by Crippen LogP contribution is 2.40. The number of likely N-dealkylation sites (tertiary alicyclic amines) is 1. The molecule has 1 atom stereocenters. The summed E-state index contributed by atoms with van der Waals surface area (Å²) in [5.74, 6) is -1.57. The molecule has 0 unspecified atom stereocenters. The molecule has 1 aliphatic heterocycles. The molecule has 7 nitrogen and oxygen atoms in total. The Morgan fingerprint density at radius 1 is 1.15 bits per heavy atom. The summed E-state index contributed by atoms with van der Waals surface area (Å²) >= 11 is 6.26. The highest BCUT2D eigenvalue weighted by atomic mass is 35.5. The van der Waals surface area contributed by atoms with E-state index in [1.807, 2.05) is 24.3 Å². The van der Waals surface area contributed by atoms with Crippen LogP contribution >= 0.6 is 11.6 Å². The first kappa shape index (κ1) is 23.0. The number of ketones is 1. The summed E-state index contributed by atoms with van der Waals surface area (Å²) < 4.78 is 1.73. The zero-order valence-corrected chi connectivity index (χ0v) is 19.7. The highest BCUT2D eigenvalue weighted by molar-refractivity contribution is 6.46. The van der Waals surface area contributed by atoms with Crippen molar-refractivity contribution in [2.75, 3.05) is 26.2 Å². The number of carbonyl (C=O) groups excluding carboxylic acids is 2. The van der Waals surface area contributed by atoms with Crippen molar-refractivity contribution >= 4 is 34.7 Å². The Morgan fingerprint density at radius 3 is 2.61 bits per heavy atom. The number of rotatable bonds is 7. The predicted molar refractivity (Wildman–Crippen MR) is 128 cm³/mol. The number of aryl methyl sites for hydroxylation is 1. The number of benzene rings is 1. The number of hydrogen-bond acceptors (Lipinski definition) is 5. The SMILES string of the molecule is CCN(CC)CCN1C(=O)C(=O)/C(=C(/O)c2c(C)nc3ccccn23)[C@@H]1c1cccc(Cl)c1. The summed E-state index contributed by atoms with van der Waals surface area (Å²) in [5.41, 5.74) is 2.34. The maximum absolute atomic E-state index is 13.3. The molecule has 1 saturated heterocycles. The molecule has 4 rings (SSSR count). The van der Waals surface area contributed by atoms with Crippen LogP contribution < -0.4 is 0 Å². The lowest BCUT2D eigenvalue weighted by molar-refractivity contribution is -0.140. The smallest absolute Gasteiger partial charge is 0.295 e. The van der Waals surface area contributed by atoms with Crippen LogP contribution in [-0.2, 0) is 9.59 Å². The third-order valence-corrected chi connectivity index (χ3v) is 6.42. The number of Topliss-reactive ketones (excluding diaryl/α,β-unsaturated/α-hetero) is 1. The van der Waals surface area contributed by atoms with E-state index in [9.17, 15) is 14.7 Å². The fourth-order valence-corrected chi connectivity index (χ4v) is 4.65. The molecule has 0 aliphatic carbocycles. The zero-order valence-electron chi connectivity index (χ0n) is 19.0. The van der Waals surface area contributed by atoms with Crippen LogP contribution in [0.25, 0.3) is 11.4 Å². The summed E-state index contributed by atoms with van der Waals surface area (Å²) in [7, 11) is 0. The number of likely N-dealkylation sites (N-methyl/N-ethyl adjacent to an activating group) is 1. The number of aliphatic hydroxyl groups excluding tert-OH is 1. The minimum Gasteiger partial charge on any atom is -0.505 e. The van der Waals surface area contributed by atoms with Gasteiger partial charge in [0.15, 0.2) is 5.76 Å². The van der Waals surface area contributed by atoms with E-state index in [4.69, 9.17) is 11.6 Å². The fourth-order valence-electron chi connectivity index (χ4n) is 4.45. The minimum absolute atomic E-state index is 0.0515. The molecule has 1 fully saturated rings. The van der Waals surface area contributed by atoms with Gasteiger partial charge < -0.3 is 14.9 Å². The summed E-state index contributed by atoms with van der Waals surface area (Å²) in [6.07, 6.45) is 1.77. The molecule has 0 radical (unpaired) electrons. The zero-order chi connectivity index (χ0) is 23.7. The van der Waals surface area contributed by atoms with Crippen molar-refractivity contribution in [3.8, 4) is 0 Å². The Bertz CT molecular complexity index is 1250. The van der Waals surface area contributed by atoms with Crippen molar-refractivity contribution in [2.45, 2.75) is 26.8 Å². The van der Waals surface area contributed by atoms with Gasteiger partial charge in [0.2, 0.25) is 0 Å². The maximum Gasteiger partial charge on any atom is 0.295 e. The number of fused-ring (bicyclic) bond motifs is 1. The molecule has 0 spiro atoms. The van der Waals surface area contributed by atoms with Crippen molar-refractivity contribution in [3.05, 3.63) is 76.2 Å². The molecule has 2 aromatic heterocycles. The lowest BCUT2D eigenvalue weighted by atomic mass is 9.96. The van der Waals surface area contributed by atoms with Crippen LogP contribution in [0.4, 0.5) is 0 Å². The molecule has 172 valence electrons. The Morgan fingerprint density at radius 2 is 1.91 bits per heavy atom. The van der Waals surface area contributed by atoms with Crippen molar-refractivity contribution in [1.29, 1.82) is 0 Å². The molecule has 3 heterocycles. The first-order valence-electron chi connectivity index (χ1n) is 11.1. The van der Waals surface area contributed by atoms with Crippen LogP contribution in [0.15, 0.2) is 54.2 Å². The van der Waals surface area contributed by atoms with Crippen LogP contribution in [-0.4, -0.2) is 62.2 Å². The van der Waals surface area contributed by atoms with E-state index < -0.39 is 17.7 Å². The Kier molecular flexibility index (Phi) is 6.54.